The molecule has 6 heteroatoms. The van der Waals surface area contributed by atoms with Gasteiger partial charge in [-0.1, -0.05) is 0 Å². The van der Waals surface area contributed by atoms with E-state index in [0.29, 0.717) is 17.9 Å². The highest BCUT2D eigenvalue weighted by Crippen LogP contribution is 2.31. The molecule has 1 aromatic rings. The Morgan fingerprint density at radius 2 is 2.04 bits per heavy atom. The van der Waals surface area contributed by atoms with Crippen LogP contribution in [-0.2, 0) is 11.3 Å². The number of ether oxygens (including phenoxy) is 2. The van der Waals surface area contributed by atoms with Crippen molar-refractivity contribution >= 4 is 22.0 Å². The van der Waals surface area contributed by atoms with Gasteiger partial charge in [-0.25, -0.2) is 9.18 Å². The summed E-state index contributed by atoms with van der Waals surface area (Å²) in [5.41, 5.74) is -0.0431. The van der Waals surface area contributed by atoms with Gasteiger partial charge in [-0.2, -0.15) is 0 Å². The van der Waals surface area contributed by atoms with E-state index in [2.05, 4.69) is 22.9 Å². The normalized spacial score (nSPS) is 11.5. The Kier molecular flexibility index (Phi) is 6.86. The van der Waals surface area contributed by atoms with Crippen molar-refractivity contribution in [1.82, 2.24) is 4.90 Å². The maximum absolute atomic E-state index is 13.9. The number of rotatable bonds is 5. The summed E-state index contributed by atoms with van der Waals surface area (Å²) in [6, 6.07) is 2.86. The monoisotopic (exact) mass is 388 g/mol. The smallest absolute Gasteiger partial charge is 0.410 e. The van der Waals surface area contributed by atoms with Crippen molar-refractivity contribution < 1.29 is 18.7 Å². The predicted octanol–water partition coefficient (Wildman–Crippen LogP) is 4.95. The highest BCUT2D eigenvalue weighted by atomic mass is 79.9. The first kappa shape index (κ1) is 19.7. The first-order chi connectivity index (χ1) is 10.5. The van der Waals surface area contributed by atoms with E-state index in [4.69, 9.17) is 9.47 Å². The quantitative estimate of drug-likeness (QED) is 0.716. The van der Waals surface area contributed by atoms with Gasteiger partial charge in [0.05, 0.1) is 17.1 Å². The van der Waals surface area contributed by atoms with Crippen LogP contribution in [0.15, 0.2) is 16.6 Å². The van der Waals surface area contributed by atoms with Gasteiger partial charge in [-0.15, -0.1) is 0 Å². The molecule has 0 aliphatic heterocycles. The van der Waals surface area contributed by atoms with Gasteiger partial charge < -0.3 is 14.4 Å². The van der Waals surface area contributed by atoms with Crippen LogP contribution in [0.1, 0.15) is 40.2 Å². The lowest BCUT2D eigenvalue weighted by molar-refractivity contribution is 0.0242. The molecule has 0 aromatic heterocycles. The van der Waals surface area contributed by atoms with Gasteiger partial charge in [0.15, 0.2) is 0 Å². The molecule has 1 atom stereocenters. The van der Waals surface area contributed by atoms with Crippen molar-refractivity contribution in [2.45, 2.75) is 52.9 Å². The third-order valence-corrected chi connectivity index (χ3v) is 3.72. The third kappa shape index (κ3) is 6.01. The number of hydrogen-bond acceptors (Lipinski definition) is 3. The van der Waals surface area contributed by atoms with E-state index in [1.807, 2.05) is 6.92 Å². The van der Waals surface area contributed by atoms with Crippen molar-refractivity contribution in [2.75, 3.05) is 6.54 Å². The standard InChI is InChI=1S/C17H24BrFNO3/c1-7-20(16(21)23-17(4,5)6)10-12-14(22-11(2)3)9-8-13(19)15(12)18/h8-9,11H,2,7,10H2,1,3-6H3/t11-/m0/s1. The highest BCUT2D eigenvalue weighted by Gasteiger charge is 2.24. The van der Waals surface area contributed by atoms with Crippen LogP contribution in [0.2, 0.25) is 0 Å². The Morgan fingerprint density at radius 1 is 1.43 bits per heavy atom. The first-order valence-corrected chi connectivity index (χ1v) is 8.29. The van der Waals surface area contributed by atoms with Gasteiger partial charge >= 0.3 is 6.09 Å². The summed E-state index contributed by atoms with van der Waals surface area (Å²) < 4.78 is 25.1. The van der Waals surface area contributed by atoms with Crippen molar-refractivity contribution in [3.05, 3.63) is 34.9 Å². The Bertz CT molecular complexity index is 556. The summed E-state index contributed by atoms with van der Waals surface area (Å²) in [6.45, 7) is 13.4. The van der Waals surface area contributed by atoms with Gasteiger partial charge in [0.1, 0.15) is 17.2 Å². The lowest BCUT2D eigenvalue weighted by Crippen LogP contribution is -2.36. The van der Waals surface area contributed by atoms with E-state index in [1.165, 1.54) is 11.0 Å². The molecule has 1 rings (SSSR count). The summed E-state index contributed by atoms with van der Waals surface area (Å²) in [7, 11) is 0. The summed E-state index contributed by atoms with van der Waals surface area (Å²) in [4.78, 5) is 13.8. The van der Waals surface area contributed by atoms with E-state index >= 15 is 0 Å². The maximum atomic E-state index is 13.9. The highest BCUT2D eigenvalue weighted by molar-refractivity contribution is 9.10. The number of amides is 1. The van der Waals surface area contributed by atoms with Gasteiger partial charge in [-0.05, 0) is 69.6 Å². The second-order valence-corrected chi connectivity index (χ2v) is 7.05. The van der Waals surface area contributed by atoms with Crippen LogP contribution in [0.3, 0.4) is 0 Å². The van der Waals surface area contributed by atoms with Crippen molar-refractivity contribution in [1.29, 1.82) is 0 Å². The second kappa shape index (κ2) is 7.99. The summed E-state index contributed by atoms with van der Waals surface area (Å²) in [6.07, 6.45) is -0.757. The molecule has 1 amide bonds. The number of hydrogen-bond donors (Lipinski definition) is 0. The van der Waals surface area contributed by atoms with E-state index < -0.39 is 17.5 Å². The lowest BCUT2D eigenvalue weighted by Gasteiger charge is -2.27. The summed E-state index contributed by atoms with van der Waals surface area (Å²) in [5.74, 6) is 0.0760. The molecule has 0 aliphatic rings. The fourth-order valence-electron chi connectivity index (χ4n) is 1.87. The van der Waals surface area contributed by atoms with Gasteiger partial charge in [0.25, 0.3) is 0 Å². The van der Waals surface area contributed by atoms with E-state index in [9.17, 15) is 9.18 Å². The van der Waals surface area contributed by atoms with Crippen molar-refractivity contribution in [2.24, 2.45) is 0 Å². The third-order valence-electron chi connectivity index (χ3n) is 2.86. The Labute approximate surface area is 146 Å². The Balaban J connectivity index is 3.09. The zero-order valence-corrected chi connectivity index (χ0v) is 15.9. The number of nitrogens with zero attached hydrogens (tertiary/aromatic N) is 1. The molecule has 0 unspecified atom stereocenters. The molecule has 1 aromatic carbocycles. The molecular formula is C17H24BrFNO3. The molecule has 0 bridgehead atoms. The molecule has 129 valence electrons. The topological polar surface area (TPSA) is 38.8 Å². The van der Waals surface area contributed by atoms with E-state index in [-0.39, 0.29) is 17.1 Å². The molecule has 0 aliphatic carbocycles. The minimum Gasteiger partial charge on any atom is -0.490 e. The Morgan fingerprint density at radius 3 is 2.52 bits per heavy atom. The molecule has 0 saturated carbocycles. The molecule has 1 radical (unpaired) electrons. The number of benzene rings is 1. The second-order valence-electron chi connectivity index (χ2n) is 6.26. The van der Waals surface area contributed by atoms with Crippen LogP contribution in [0.5, 0.6) is 5.75 Å². The van der Waals surface area contributed by atoms with Gasteiger partial charge in [0.2, 0.25) is 0 Å². The number of halogens is 2. The first-order valence-electron chi connectivity index (χ1n) is 7.49. The van der Waals surface area contributed by atoms with Crippen molar-refractivity contribution in [3.8, 4) is 5.75 Å². The maximum Gasteiger partial charge on any atom is 0.410 e. The van der Waals surface area contributed by atoms with E-state index in [0.717, 1.165) is 0 Å². The fraction of sp³-hybridized carbons (Fsp3) is 0.529. The summed E-state index contributed by atoms with van der Waals surface area (Å²) >= 11 is 3.24. The SMILES string of the molecule is [CH2][C@@H](C)Oc1ccc(F)c(Br)c1CN(CC)C(=O)OC(C)(C)C. The molecule has 0 heterocycles. The van der Waals surface area contributed by atoms with Crippen LogP contribution >= 0.6 is 15.9 Å². The molecule has 4 nitrogen and oxygen atoms in total. The molecule has 23 heavy (non-hydrogen) atoms. The van der Waals surface area contributed by atoms with Crippen LogP contribution in [0, 0.1) is 12.7 Å². The van der Waals surface area contributed by atoms with Crippen LogP contribution in [0.4, 0.5) is 9.18 Å². The average molecular weight is 389 g/mol. The zero-order valence-electron chi connectivity index (χ0n) is 14.3. The molecular weight excluding hydrogens is 365 g/mol. The molecule has 0 N–H and O–H groups in total. The minimum atomic E-state index is -0.592. The van der Waals surface area contributed by atoms with Crippen LogP contribution in [-0.4, -0.2) is 29.2 Å². The van der Waals surface area contributed by atoms with Crippen LogP contribution in [0.25, 0.3) is 0 Å². The molecule has 0 saturated heterocycles. The Hall–Kier alpha value is -1.30. The minimum absolute atomic E-state index is 0.172. The van der Waals surface area contributed by atoms with E-state index in [1.54, 1.807) is 33.8 Å². The number of carbonyl (C=O) groups is 1. The lowest BCUT2D eigenvalue weighted by atomic mass is 10.1. The van der Waals surface area contributed by atoms with Crippen LogP contribution < -0.4 is 4.74 Å². The average Bonchev–Trinajstić information content (AvgIpc) is 2.40. The number of carbonyl (C=O) groups excluding carboxylic acids is 1. The predicted molar refractivity (Wildman–Crippen MR) is 91.9 cm³/mol. The molecule has 0 spiro atoms. The zero-order chi connectivity index (χ0) is 17.8. The fourth-order valence-corrected chi connectivity index (χ4v) is 2.33. The largest absolute Gasteiger partial charge is 0.490 e. The van der Waals surface area contributed by atoms with Gasteiger partial charge in [0, 0.05) is 12.1 Å². The molecule has 0 fully saturated rings. The van der Waals surface area contributed by atoms with Crippen molar-refractivity contribution in [3.63, 3.8) is 0 Å². The summed E-state index contributed by atoms with van der Waals surface area (Å²) in [5, 5.41) is 0. The van der Waals surface area contributed by atoms with Gasteiger partial charge in [-0.3, -0.25) is 0 Å².